The Kier molecular flexibility index (Phi) is 3.57. The smallest absolute Gasteiger partial charge is 0.251 e. The minimum absolute atomic E-state index is 0.111. The van der Waals surface area contributed by atoms with Crippen molar-refractivity contribution < 1.29 is 4.79 Å². The van der Waals surface area contributed by atoms with E-state index in [4.69, 9.17) is 5.73 Å². The van der Waals surface area contributed by atoms with Gasteiger partial charge in [0, 0.05) is 30.2 Å². The largest absolute Gasteiger partial charge is 0.396 e. The number of pyridine rings is 1. The van der Waals surface area contributed by atoms with Gasteiger partial charge in [0.25, 0.3) is 5.91 Å². The second kappa shape index (κ2) is 5.31. The van der Waals surface area contributed by atoms with Gasteiger partial charge in [-0.15, -0.1) is 0 Å². The minimum Gasteiger partial charge on any atom is -0.396 e. The minimum atomic E-state index is -0.111. The highest BCUT2D eigenvalue weighted by Crippen LogP contribution is 2.00. The molecule has 0 aliphatic rings. The van der Waals surface area contributed by atoms with Crippen LogP contribution in [0.2, 0.25) is 0 Å². The molecular formula is C12H15N5O. The Morgan fingerprint density at radius 1 is 1.56 bits per heavy atom. The van der Waals surface area contributed by atoms with Gasteiger partial charge < -0.3 is 11.1 Å². The molecule has 0 aliphatic heterocycles. The van der Waals surface area contributed by atoms with Crippen LogP contribution < -0.4 is 11.1 Å². The number of nitrogens with two attached hydrogens (primary N) is 1. The summed E-state index contributed by atoms with van der Waals surface area (Å²) in [6.07, 6.45) is 4.93. The van der Waals surface area contributed by atoms with Gasteiger partial charge in [-0.05, 0) is 19.1 Å². The van der Waals surface area contributed by atoms with Gasteiger partial charge in [-0.2, -0.15) is 5.10 Å². The number of rotatable bonds is 4. The highest BCUT2D eigenvalue weighted by atomic mass is 16.1. The number of aromatic nitrogens is 3. The molecular weight excluding hydrogens is 230 g/mol. The lowest BCUT2D eigenvalue weighted by Crippen LogP contribution is -2.27. The predicted octanol–water partition coefficient (Wildman–Crippen LogP) is 0.599. The Labute approximate surface area is 105 Å². The molecule has 3 N–H and O–H groups in total. The van der Waals surface area contributed by atoms with E-state index in [0.717, 1.165) is 5.69 Å². The zero-order valence-corrected chi connectivity index (χ0v) is 10.1. The van der Waals surface area contributed by atoms with Crippen molar-refractivity contribution in [3.63, 3.8) is 0 Å². The van der Waals surface area contributed by atoms with Gasteiger partial charge in [0.1, 0.15) is 0 Å². The molecule has 0 saturated carbocycles. The van der Waals surface area contributed by atoms with Crippen LogP contribution in [0.25, 0.3) is 0 Å². The summed E-state index contributed by atoms with van der Waals surface area (Å²) in [7, 11) is 0. The van der Waals surface area contributed by atoms with Gasteiger partial charge in [-0.25, -0.2) is 0 Å². The fourth-order valence-corrected chi connectivity index (χ4v) is 1.57. The van der Waals surface area contributed by atoms with Crippen LogP contribution in [0.1, 0.15) is 16.1 Å². The lowest BCUT2D eigenvalue weighted by molar-refractivity contribution is 0.0951. The summed E-state index contributed by atoms with van der Waals surface area (Å²) >= 11 is 0. The third-order valence-corrected chi connectivity index (χ3v) is 2.44. The summed E-state index contributed by atoms with van der Waals surface area (Å²) in [6.45, 7) is 2.94. The van der Waals surface area contributed by atoms with Crippen LogP contribution in [0.15, 0.2) is 30.7 Å². The fraction of sp³-hybridized carbons (Fsp3) is 0.250. The van der Waals surface area contributed by atoms with Crippen LogP contribution in [-0.4, -0.2) is 27.2 Å². The van der Waals surface area contributed by atoms with Crippen molar-refractivity contribution >= 4 is 11.6 Å². The molecule has 2 rings (SSSR count). The molecule has 0 aliphatic carbocycles. The Balaban J connectivity index is 1.85. The number of nitrogens with zero attached hydrogens (tertiary/aromatic N) is 3. The van der Waals surface area contributed by atoms with Gasteiger partial charge >= 0.3 is 0 Å². The van der Waals surface area contributed by atoms with E-state index in [-0.39, 0.29) is 5.91 Å². The zero-order chi connectivity index (χ0) is 13.0. The molecule has 2 aromatic heterocycles. The zero-order valence-electron chi connectivity index (χ0n) is 10.1. The van der Waals surface area contributed by atoms with E-state index in [1.807, 2.05) is 6.92 Å². The molecule has 0 unspecified atom stereocenters. The Morgan fingerprint density at radius 2 is 2.39 bits per heavy atom. The van der Waals surface area contributed by atoms with Crippen molar-refractivity contribution in [2.24, 2.45) is 0 Å². The topological polar surface area (TPSA) is 85.8 Å². The molecule has 2 aromatic rings. The normalized spacial score (nSPS) is 10.3. The molecule has 6 heteroatoms. The highest BCUT2D eigenvalue weighted by molar-refractivity contribution is 5.94. The second-order valence-corrected chi connectivity index (χ2v) is 3.98. The van der Waals surface area contributed by atoms with E-state index in [9.17, 15) is 4.79 Å². The number of hydrogen-bond donors (Lipinski definition) is 2. The van der Waals surface area contributed by atoms with Gasteiger partial charge in [0.15, 0.2) is 0 Å². The van der Waals surface area contributed by atoms with Crippen molar-refractivity contribution in [1.29, 1.82) is 0 Å². The monoisotopic (exact) mass is 245 g/mol. The molecule has 0 bridgehead atoms. The summed E-state index contributed by atoms with van der Waals surface area (Å²) in [4.78, 5) is 15.8. The average Bonchev–Trinajstić information content (AvgIpc) is 2.75. The van der Waals surface area contributed by atoms with E-state index in [1.165, 1.54) is 0 Å². The number of carbonyl (C=O) groups is 1. The fourth-order valence-electron chi connectivity index (χ4n) is 1.57. The first-order chi connectivity index (χ1) is 8.65. The number of amides is 1. The van der Waals surface area contributed by atoms with Crippen LogP contribution in [0.3, 0.4) is 0 Å². The maximum atomic E-state index is 11.8. The lowest BCUT2D eigenvalue weighted by Gasteiger charge is -2.05. The maximum Gasteiger partial charge on any atom is 0.251 e. The van der Waals surface area contributed by atoms with E-state index in [1.54, 1.807) is 35.4 Å². The molecule has 94 valence electrons. The first-order valence-corrected chi connectivity index (χ1v) is 5.64. The molecule has 0 saturated heterocycles. The van der Waals surface area contributed by atoms with Crippen molar-refractivity contribution in [2.75, 3.05) is 12.3 Å². The van der Waals surface area contributed by atoms with Crippen LogP contribution in [0.4, 0.5) is 5.69 Å². The summed E-state index contributed by atoms with van der Waals surface area (Å²) in [5.74, 6) is -0.111. The van der Waals surface area contributed by atoms with Gasteiger partial charge in [-0.1, -0.05) is 0 Å². The summed E-state index contributed by atoms with van der Waals surface area (Å²) < 4.78 is 1.69. The summed E-state index contributed by atoms with van der Waals surface area (Å²) in [6, 6.07) is 3.44. The average molecular weight is 245 g/mol. The standard InChI is InChI=1S/C12H15N5O/c1-9-6-10(2-3-14-9)12(18)15-4-5-17-8-11(13)7-16-17/h2-3,6-8H,4-5,13H2,1H3,(H,15,18). The third kappa shape index (κ3) is 3.07. The van der Waals surface area contributed by atoms with Crippen molar-refractivity contribution in [3.8, 4) is 0 Å². The van der Waals surface area contributed by atoms with E-state index in [2.05, 4.69) is 15.4 Å². The number of aryl methyl sites for hydroxylation is 1. The third-order valence-electron chi connectivity index (χ3n) is 2.44. The second-order valence-electron chi connectivity index (χ2n) is 3.98. The number of anilines is 1. The van der Waals surface area contributed by atoms with Crippen LogP contribution >= 0.6 is 0 Å². The molecule has 0 fully saturated rings. The van der Waals surface area contributed by atoms with Crippen LogP contribution in [0.5, 0.6) is 0 Å². The van der Waals surface area contributed by atoms with Crippen molar-refractivity contribution in [3.05, 3.63) is 42.0 Å². The van der Waals surface area contributed by atoms with Gasteiger partial charge in [0.05, 0.1) is 18.4 Å². The molecule has 6 nitrogen and oxygen atoms in total. The summed E-state index contributed by atoms with van der Waals surface area (Å²) in [5.41, 5.74) is 7.59. The molecule has 2 heterocycles. The van der Waals surface area contributed by atoms with Crippen molar-refractivity contribution in [1.82, 2.24) is 20.1 Å². The molecule has 0 radical (unpaired) electrons. The van der Waals surface area contributed by atoms with Gasteiger partial charge in [-0.3, -0.25) is 14.5 Å². The highest BCUT2D eigenvalue weighted by Gasteiger charge is 2.05. The van der Waals surface area contributed by atoms with E-state index >= 15 is 0 Å². The molecule has 18 heavy (non-hydrogen) atoms. The van der Waals surface area contributed by atoms with Gasteiger partial charge in [0.2, 0.25) is 0 Å². The SMILES string of the molecule is Cc1cc(C(=O)NCCn2cc(N)cn2)ccn1. The number of nitrogen functional groups attached to an aromatic ring is 1. The first kappa shape index (κ1) is 12.1. The Bertz CT molecular complexity index is 549. The quantitative estimate of drug-likeness (QED) is 0.825. The van der Waals surface area contributed by atoms with E-state index < -0.39 is 0 Å². The lowest BCUT2D eigenvalue weighted by atomic mass is 10.2. The molecule has 0 aromatic carbocycles. The molecule has 0 atom stereocenters. The van der Waals surface area contributed by atoms with E-state index in [0.29, 0.717) is 24.3 Å². The molecule has 1 amide bonds. The van der Waals surface area contributed by atoms with Crippen LogP contribution in [-0.2, 0) is 6.54 Å². The van der Waals surface area contributed by atoms with Crippen LogP contribution in [0, 0.1) is 6.92 Å². The Hall–Kier alpha value is -2.37. The molecule has 0 spiro atoms. The number of nitrogens with one attached hydrogen (secondary N) is 1. The first-order valence-electron chi connectivity index (χ1n) is 5.64. The maximum absolute atomic E-state index is 11.8. The summed E-state index contributed by atoms with van der Waals surface area (Å²) in [5, 5.41) is 6.85. The number of carbonyl (C=O) groups excluding carboxylic acids is 1. The van der Waals surface area contributed by atoms with Crippen molar-refractivity contribution in [2.45, 2.75) is 13.5 Å². The predicted molar refractivity (Wildman–Crippen MR) is 67.9 cm³/mol. The number of hydrogen-bond acceptors (Lipinski definition) is 4. The Morgan fingerprint density at radius 3 is 3.06 bits per heavy atom.